The molecular weight excluding hydrogens is 1740 g/mol. The molecular formula is C89H119BrClF6N5O15S4. The number of sulfonamides is 2. The van der Waals surface area contributed by atoms with Gasteiger partial charge in [0.05, 0.1) is 40.4 Å². The Morgan fingerprint density at radius 2 is 1.12 bits per heavy atom. The molecule has 5 heterocycles. The monoisotopic (exact) mass is 1850 g/mol. The fourth-order valence-corrected chi connectivity index (χ4v) is 20.6. The number of carbonyl (C=O) groups is 5. The van der Waals surface area contributed by atoms with E-state index in [2.05, 4.69) is 138 Å². The number of halogens is 8. The lowest BCUT2D eigenvalue weighted by Gasteiger charge is -2.37. The molecule has 0 bridgehead atoms. The van der Waals surface area contributed by atoms with Gasteiger partial charge in [0.25, 0.3) is 0 Å². The summed E-state index contributed by atoms with van der Waals surface area (Å²) in [5.41, 5.74) is -4.32. The normalized spacial score (nSPS) is 19.8. The van der Waals surface area contributed by atoms with Crippen LogP contribution in [0.2, 0.25) is 4.34 Å². The number of thiophene rings is 1. The molecule has 0 aliphatic heterocycles. The molecule has 670 valence electrons. The van der Waals surface area contributed by atoms with Gasteiger partial charge in [0.1, 0.15) is 33.6 Å². The summed E-state index contributed by atoms with van der Waals surface area (Å²) in [6.45, 7) is 39.7. The summed E-state index contributed by atoms with van der Waals surface area (Å²) in [6.07, 6.45) is 28.6. The average Bonchev–Trinajstić information content (AvgIpc) is 1.53. The molecule has 6 aliphatic carbocycles. The first-order chi connectivity index (χ1) is 55.8. The highest BCUT2D eigenvalue weighted by atomic mass is 79.9. The summed E-state index contributed by atoms with van der Waals surface area (Å²) >= 11 is 10.9. The SMILES string of the molecule is C=CCCC1C(=O)CCCC1(C)C.CC1(C)CC=C(OS(C)(=O)=O)c2ncccc21.CC1(C)CCC(=O)c2ncccc21.CC1(C)CCC(O)c2ncccc21.CC1(C)CCCC(=O)C1CCC=O.CC1(C)CCCc2ncccc21.CCOC(=O)C(OC(C)(C)C)c1c(C)sc(Cl)c1Br.O=S(=O)(N(c1ccccc1)S(=O)(=O)C(F)(F)F)C(F)(F)F. The summed E-state index contributed by atoms with van der Waals surface area (Å²) in [5.74, 6) is 1.36. The van der Waals surface area contributed by atoms with E-state index in [1.165, 1.54) is 53.8 Å². The van der Waals surface area contributed by atoms with Gasteiger partial charge in [-0.3, -0.25) is 34.3 Å². The number of aldehydes is 1. The van der Waals surface area contributed by atoms with Crippen molar-refractivity contribution in [2.24, 2.45) is 22.7 Å². The van der Waals surface area contributed by atoms with Crippen molar-refractivity contribution in [3.8, 4) is 0 Å². The summed E-state index contributed by atoms with van der Waals surface area (Å²) in [5, 5.41) is 9.73. The van der Waals surface area contributed by atoms with Gasteiger partial charge in [0.2, 0.25) is 0 Å². The molecule has 2 saturated carbocycles. The number of benzene rings is 1. The molecule has 4 unspecified atom stereocenters. The van der Waals surface area contributed by atoms with Gasteiger partial charge in [-0.1, -0.05) is 143 Å². The molecule has 2 fully saturated rings. The van der Waals surface area contributed by atoms with Crippen LogP contribution in [-0.2, 0) is 91.1 Å². The van der Waals surface area contributed by atoms with Crippen LogP contribution in [0.3, 0.4) is 0 Å². The van der Waals surface area contributed by atoms with E-state index in [0.29, 0.717) is 80.9 Å². The number of hydrogen-bond donors (Lipinski definition) is 1. The molecule has 12 rings (SSSR count). The van der Waals surface area contributed by atoms with Gasteiger partial charge in [-0.05, 0) is 238 Å². The Morgan fingerprint density at radius 3 is 1.57 bits per heavy atom. The molecule has 121 heavy (non-hydrogen) atoms. The van der Waals surface area contributed by atoms with Gasteiger partial charge in [-0.25, -0.2) is 4.79 Å². The Bertz CT molecular complexity index is 4840. The zero-order valence-electron chi connectivity index (χ0n) is 72.6. The average molecular weight is 1860 g/mol. The molecule has 0 saturated heterocycles. The number of anilines is 1. The van der Waals surface area contributed by atoms with Crippen LogP contribution >= 0.6 is 38.9 Å². The number of fused-ring (bicyclic) bond motifs is 4. The first-order valence-electron chi connectivity index (χ1n) is 40.3. The number of aliphatic hydroxyl groups is 1. The largest absolute Gasteiger partial charge is 0.517 e. The van der Waals surface area contributed by atoms with Crippen molar-refractivity contribution in [2.75, 3.05) is 16.6 Å². The third-order valence-corrected chi connectivity index (χ3v) is 28.8. The van der Waals surface area contributed by atoms with E-state index in [-0.39, 0.29) is 50.8 Å². The van der Waals surface area contributed by atoms with E-state index < -0.39 is 68.3 Å². The van der Waals surface area contributed by atoms with Crippen molar-refractivity contribution in [1.82, 2.24) is 19.9 Å². The highest BCUT2D eigenvalue weighted by Crippen LogP contribution is 2.47. The van der Waals surface area contributed by atoms with Gasteiger partial charge < -0.3 is 23.6 Å². The Morgan fingerprint density at radius 1 is 0.645 bits per heavy atom. The number of allylic oxidation sites excluding steroid dienone is 2. The molecule has 0 radical (unpaired) electrons. The molecule has 1 N–H and O–H groups in total. The van der Waals surface area contributed by atoms with E-state index in [1.807, 2.05) is 76.4 Å². The van der Waals surface area contributed by atoms with Crippen LogP contribution in [0, 0.1) is 29.6 Å². The number of ketones is 3. The molecule has 0 amide bonds. The van der Waals surface area contributed by atoms with E-state index >= 15 is 0 Å². The van der Waals surface area contributed by atoms with Gasteiger partial charge in [-0.2, -0.15) is 51.6 Å². The molecule has 20 nitrogen and oxygen atoms in total. The van der Waals surface area contributed by atoms with Crippen LogP contribution in [0.4, 0.5) is 32.0 Å². The van der Waals surface area contributed by atoms with Crippen LogP contribution in [0.5, 0.6) is 0 Å². The standard InChI is InChI=1S/C13H18BrClO3S.C12H15NO3S.C12H20O.C11H15NO.C11H13NO.C11H15N.C11H18O2.C8H5F6NO4S2/c1-6-17-12(16)10(18-13(3,4)5)8-7(2)19-11(15)9(8)14;1-12(2)7-6-10(16-17(3,14)15)11-9(12)5-4-8-13-11;1-4-5-7-10-11(13)8-6-9-12(10,2)3;2*1-11(2)6-5-9(13)10-8(11)4-3-7-12-10;1-11(2)7-3-6-10-9(11)5-4-8-12-10;1-11(2)7-3-6-10(13)9(11)5-4-8-12;9-7(10,11)20(16,17)15(6-4-2-1-3-5-6)21(18,19)8(12,13)14/h10H,6H2,1-5H3;4-6,8H,7H2,1-3H3;4,10H,1,5-9H2,2-3H3;3-4,7,9,13H,5-6H2,1-2H3;3-4,7H,5-6H2,1-2H3;4-5,8H,3,6-7H2,1-2H3;8-9H,3-7H2,1-2H3;1-5H. The number of aryl methyl sites for hydroxylation is 2. The molecule has 6 aliphatic rings. The van der Waals surface area contributed by atoms with Crippen molar-refractivity contribution in [2.45, 2.75) is 284 Å². The van der Waals surface area contributed by atoms with Crippen LogP contribution in [0.15, 0.2) is 127 Å². The number of nitrogens with zero attached hydrogens (tertiary/aromatic N) is 5. The first kappa shape index (κ1) is 104. The molecule has 6 aromatic rings. The van der Waals surface area contributed by atoms with Gasteiger partial charge in [0, 0.05) is 78.4 Å². The summed E-state index contributed by atoms with van der Waals surface area (Å²) in [7, 11) is -17.1. The molecule has 0 spiro atoms. The quantitative estimate of drug-likeness (QED) is 0.0328. The van der Waals surface area contributed by atoms with E-state index in [4.69, 9.17) is 25.3 Å². The number of pyridine rings is 4. The number of ether oxygens (including phenoxy) is 2. The number of aromatic nitrogens is 4. The third kappa shape index (κ3) is 29.0. The number of carbonyl (C=O) groups excluding carboxylic acids is 5. The van der Waals surface area contributed by atoms with Crippen LogP contribution in [-0.4, -0.2) is 109 Å². The van der Waals surface area contributed by atoms with Crippen molar-refractivity contribution in [3.05, 3.63) is 187 Å². The number of hydrogen-bond acceptors (Lipinski definition) is 20. The van der Waals surface area contributed by atoms with Crippen molar-refractivity contribution < 1.29 is 94.3 Å². The Balaban J connectivity index is 0.000000248. The maximum atomic E-state index is 12.4. The number of para-hydroxylation sites is 1. The van der Waals surface area contributed by atoms with Gasteiger partial charge >= 0.3 is 47.2 Å². The Kier molecular flexibility index (Phi) is 37.3. The van der Waals surface area contributed by atoms with E-state index in [0.717, 1.165) is 129 Å². The second-order valence-corrected chi connectivity index (χ2v) is 43.4. The summed E-state index contributed by atoms with van der Waals surface area (Å²) < 4.78 is 157. The zero-order valence-corrected chi connectivity index (χ0v) is 78.2. The van der Waals surface area contributed by atoms with E-state index in [9.17, 15) is 80.7 Å². The topological polar surface area (TPSA) is 290 Å². The highest BCUT2D eigenvalue weighted by molar-refractivity contribution is 9.10. The maximum Gasteiger partial charge on any atom is 0.517 e. The first-order valence-corrected chi connectivity index (χ1v) is 46.9. The minimum Gasteiger partial charge on any atom is -0.464 e. The number of aliphatic hydroxyl groups excluding tert-OH is 1. The minimum atomic E-state index is -6.81. The highest BCUT2D eigenvalue weighted by Gasteiger charge is 2.62. The second kappa shape index (κ2) is 43.2. The van der Waals surface area contributed by atoms with Crippen molar-refractivity contribution >= 4 is 110 Å². The number of alkyl halides is 6. The minimum absolute atomic E-state index is 0.0477. The number of rotatable bonds is 15. The lowest BCUT2D eigenvalue weighted by atomic mass is 9.66. The fraction of sp³-hybridized carbons (Fsp3) is 0.562. The number of esters is 1. The van der Waals surface area contributed by atoms with Gasteiger partial charge in [-0.15, -0.1) is 21.6 Å². The lowest BCUT2D eigenvalue weighted by Crippen LogP contribution is -2.49. The third-order valence-electron chi connectivity index (χ3n) is 22.0. The molecule has 5 aromatic heterocycles. The zero-order chi connectivity index (χ0) is 91.5. The lowest BCUT2D eigenvalue weighted by molar-refractivity contribution is -0.167. The molecule has 32 heteroatoms. The van der Waals surface area contributed by atoms with Crippen LogP contribution in [0.25, 0.3) is 5.76 Å². The number of Topliss-reactive ketones (excluding diaryl/α,β-unsaturated/α-hetero) is 3. The van der Waals surface area contributed by atoms with Gasteiger partial charge in [0.15, 0.2) is 17.6 Å². The summed E-state index contributed by atoms with van der Waals surface area (Å²) in [6, 6.07) is 19.9. The summed E-state index contributed by atoms with van der Waals surface area (Å²) in [4.78, 5) is 75.1. The Hall–Kier alpha value is -7.13. The molecule has 1 aromatic carbocycles. The predicted molar refractivity (Wildman–Crippen MR) is 466 cm³/mol. The van der Waals surface area contributed by atoms with Crippen LogP contribution < -0.4 is 3.71 Å². The maximum absolute atomic E-state index is 12.4. The smallest absolute Gasteiger partial charge is 0.464 e. The van der Waals surface area contributed by atoms with Crippen molar-refractivity contribution in [1.29, 1.82) is 0 Å². The Labute approximate surface area is 729 Å². The van der Waals surface area contributed by atoms with E-state index in [1.54, 1.807) is 31.6 Å². The van der Waals surface area contributed by atoms with Crippen LogP contribution in [0.1, 0.15) is 292 Å². The fourth-order valence-electron chi connectivity index (χ4n) is 15.3. The molecule has 4 atom stereocenters. The van der Waals surface area contributed by atoms with Crippen molar-refractivity contribution in [3.63, 3.8) is 0 Å². The second-order valence-electron chi connectivity index (χ2n) is 35.4. The predicted octanol–water partition coefficient (Wildman–Crippen LogP) is 22.1.